The predicted octanol–water partition coefficient (Wildman–Crippen LogP) is 2.31. The zero-order valence-corrected chi connectivity index (χ0v) is 18.0. The number of likely N-dealkylation sites (tertiary alicyclic amines) is 1. The minimum Gasteiger partial charge on any atom is -0.497 e. The number of hydrogen-bond donors (Lipinski definition) is 0. The molecule has 9 heteroatoms. The van der Waals surface area contributed by atoms with Gasteiger partial charge in [0.05, 0.1) is 32.3 Å². The van der Waals surface area contributed by atoms with Crippen molar-refractivity contribution in [2.24, 2.45) is 5.92 Å². The van der Waals surface area contributed by atoms with Crippen molar-refractivity contribution in [2.75, 3.05) is 53.7 Å². The molecule has 2 fully saturated rings. The van der Waals surface area contributed by atoms with Crippen LogP contribution < -0.4 is 9.47 Å². The van der Waals surface area contributed by atoms with E-state index in [1.807, 2.05) is 0 Å². The smallest absolute Gasteiger partial charge is 0.257 e. The first kappa shape index (κ1) is 21.6. The molecule has 1 aromatic heterocycles. The van der Waals surface area contributed by atoms with Crippen molar-refractivity contribution in [3.63, 3.8) is 0 Å². The summed E-state index contributed by atoms with van der Waals surface area (Å²) in [7, 11) is 3.12. The van der Waals surface area contributed by atoms with Gasteiger partial charge in [0.25, 0.3) is 5.91 Å². The highest BCUT2D eigenvalue weighted by Crippen LogP contribution is 2.31. The zero-order valence-electron chi connectivity index (χ0n) is 18.0. The van der Waals surface area contributed by atoms with E-state index in [-0.39, 0.29) is 11.8 Å². The van der Waals surface area contributed by atoms with E-state index in [1.54, 1.807) is 30.2 Å². The second-order valence-corrected chi connectivity index (χ2v) is 7.90. The van der Waals surface area contributed by atoms with E-state index < -0.39 is 0 Å². The third-order valence-corrected chi connectivity index (χ3v) is 5.81. The first-order valence-electron chi connectivity index (χ1n) is 10.7. The molecule has 0 bridgehead atoms. The molecule has 2 aromatic rings. The number of rotatable bonds is 9. The fourth-order valence-corrected chi connectivity index (χ4v) is 3.81. The number of hydrogen-bond acceptors (Lipinski definition) is 8. The molecule has 31 heavy (non-hydrogen) atoms. The summed E-state index contributed by atoms with van der Waals surface area (Å²) in [4.78, 5) is 19.0. The second-order valence-electron chi connectivity index (χ2n) is 7.90. The largest absolute Gasteiger partial charge is 0.497 e. The van der Waals surface area contributed by atoms with Crippen LogP contribution in [0.2, 0.25) is 0 Å². The Balaban J connectivity index is 1.23. The summed E-state index contributed by atoms with van der Waals surface area (Å²) in [6.07, 6.45) is 2.74. The molecule has 2 aliphatic rings. The van der Waals surface area contributed by atoms with E-state index in [2.05, 4.69) is 10.1 Å². The number of carbonyl (C=O) groups excluding carboxylic acids is 1. The molecule has 2 aliphatic heterocycles. The summed E-state index contributed by atoms with van der Waals surface area (Å²) in [5.41, 5.74) is 0.509. The number of benzene rings is 1. The Morgan fingerprint density at radius 2 is 2.00 bits per heavy atom. The molecule has 1 amide bonds. The fraction of sp³-hybridized carbons (Fsp3) is 0.591. The summed E-state index contributed by atoms with van der Waals surface area (Å²) in [5.74, 6) is 2.90. The maximum Gasteiger partial charge on any atom is 0.257 e. The topological polar surface area (TPSA) is 96.2 Å². The van der Waals surface area contributed by atoms with Gasteiger partial charge in [-0.3, -0.25) is 4.79 Å². The molecule has 0 spiro atoms. The first-order chi connectivity index (χ1) is 15.2. The molecule has 9 nitrogen and oxygen atoms in total. The highest BCUT2D eigenvalue weighted by Gasteiger charge is 2.36. The fourth-order valence-electron chi connectivity index (χ4n) is 3.81. The summed E-state index contributed by atoms with van der Waals surface area (Å²) < 4.78 is 27.1. The van der Waals surface area contributed by atoms with Crippen LogP contribution in [-0.2, 0) is 15.9 Å². The monoisotopic (exact) mass is 431 g/mol. The Morgan fingerprint density at radius 3 is 2.74 bits per heavy atom. The molecule has 2 saturated heterocycles. The average Bonchev–Trinajstić information content (AvgIpc) is 3.24. The van der Waals surface area contributed by atoms with Crippen LogP contribution in [0.15, 0.2) is 22.7 Å². The van der Waals surface area contributed by atoms with Crippen LogP contribution in [0.3, 0.4) is 0 Å². The Labute approximate surface area is 181 Å². The zero-order chi connectivity index (χ0) is 21.6. The number of nitrogens with zero attached hydrogens (tertiary/aromatic N) is 3. The Morgan fingerprint density at radius 1 is 1.19 bits per heavy atom. The molecule has 0 aliphatic carbocycles. The maximum atomic E-state index is 12.8. The van der Waals surface area contributed by atoms with E-state index in [4.69, 9.17) is 23.5 Å². The summed E-state index contributed by atoms with van der Waals surface area (Å²) in [6, 6.07) is 5.18. The lowest BCUT2D eigenvalue weighted by molar-refractivity contribution is 0.0211. The van der Waals surface area contributed by atoms with Crippen molar-refractivity contribution in [3.05, 3.63) is 35.5 Å². The van der Waals surface area contributed by atoms with Crippen LogP contribution >= 0.6 is 0 Å². The highest BCUT2D eigenvalue weighted by atomic mass is 16.5. The van der Waals surface area contributed by atoms with Crippen molar-refractivity contribution in [3.8, 4) is 11.5 Å². The number of methoxy groups -OCH3 is 2. The van der Waals surface area contributed by atoms with E-state index in [0.717, 1.165) is 32.7 Å². The lowest BCUT2D eigenvalue weighted by Crippen LogP contribution is -2.48. The summed E-state index contributed by atoms with van der Waals surface area (Å²) in [6.45, 7) is 4.06. The SMILES string of the molecule is COc1ccc(C(=O)N2CC(c3nc(CCOCC4CCOCC4)no3)C2)c(OC)c1. The summed E-state index contributed by atoms with van der Waals surface area (Å²) >= 11 is 0. The van der Waals surface area contributed by atoms with E-state index in [0.29, 0.717) is 60.8 Å². The van der Waals surface area contributed by atoms with Gasteiger partial charge in [0.2, 0.25) is 5.89 Å². The molecular weight excluding hydrogens is 402 g/mol. The van der Waals surface area contributed by atoms with Crippen LogP contribution in [0.1, 0.15) is 40.8 Å². The van der Waals surface area contributed by atoms with Gasteiger partial charge < -0.3 is 28.4 Å². The molecule has 0 atom stereocenters. The van der Waals surface area contributed by atoms with Crippen LogP contribution in [0.4, 0.5) is 0 Å². The van der Waals surface area contributed by atoms with Crippen molar-refractivity contribution >= 4 is 5.91 Å². The van der Waals surface area contributed by atoms with Crippen molar-refractivity contribution < 1.29 is 28.3 Å². The molecule has 1 aromatic carbocycles. The normalized spacial score (nSPS) is 17.4. The lowest BCUT2D eigenvalue weighted by atomic mass is 9.98. The van der Waals surface area contributed by atoms with Crippen LogP contribution in [-0.4, -0.2) is 74.7 Å². The van der Waals surface area contributed by atoms with Crippen LogP contribution in [0, 0.1) is 5.92 Å². The van der Waals surface area contributed by atoms with Gasteiger partial charge in [-0.1, -0.05) is 5.16 Å². The van der Waals surface area contributed by atoms with E-state index in [9.17, 15) is 4.79 Å². The van der Waals surface area contributed by atoms with Crippen molar-refractivity contribution in [2.45, 2.75) is 25.2 Å². The maximum absolute atomic E-state index is 12.8. The minimum atomic E-state index is -0.0861. The molecule has 4 rings (SSSR count). The van der Waals surface area contributed by atoms with E-state index in [1.165, 1.54) is 7.11 Å². The Hall–Kier alpha value is -2.65. The van der Waals surface area contributed by atoms with Gasteiger partial charge >= 0.3 is 0 Å². The van der Waals surface area contributed by atoms with Crippen LogP contribution in [0.5, 0.6) is 11.5 Å². The van der Waals surface area contributed by atoms with Gasteiger partial charge in [0.15, 0.2) is 5.82 Å². The standard InChI is InChI=1S/C22H29N3O6/c1-27-17-3-4-18(19(11-17)28-2)22(26)25-12-16(13-25)21-23-20(24-31-21)7-10-30-14-15-5-8-29-9-6-15/h3-4,11,15-16H,5-10,12-14H2,1-2H3. The van der Waals surface area contributed by atoms with Gasteiger partial charge in [-0.2, -0.15) is 4.98 Å². The number of carbonyl (C=O) groups is 1. The Kier molecular flexibility index (Phi) is 7.03. The van der Waals surface area contributed by atoms with Gasteiger partial charge in [-0.15, -0.1) is 0 Å². The van der Waals surface area contributed by atoms with Gasteiger partial charge in [0.1, 0.15) is 11.5 Å². The summed E-state index contributed by atoms with van der Waals surface area (Å²) in [5, 5.41) is 4.05. The molecule has 0 N–H and O–H groups in total. The minimum absolute atomic E-state index is 0.0533. The number of ether oxygens (including phenoxy) is 4. The molecule has 0 saturated carbocycles. The van der Waals surface area contributed by atoms with Gasteiger partial charge in [-0.05, 0) is 30.9 Å². The van der Waals surface area contributed by atoms with Crippen molar-refractivity contribution in [1.29, 1.82) is 0 Å². The van der Waals surface area contributed by atoms with E-state index >= 15 is 0 Å². The van der Waals surface area contributed by atoms with Gasteiger partial charge in [-0.25, -0.2) is 0 Å². The second kappa shape index (κ2) is 10.1. The lowest BCUT2D eigenvalue weighted by Gasteiger charge is -2.37. The molecule has 168 valence electrons. The molecule has 0 radical (unpaired) electrons. The third kappa shape index (κ3) is 5.16. The average molecular weight is 431 g/mol. The number of aromatic nitrogens is 2. The predicted molar refractivity (Wildman–Crippen MR) is 111 cm³/mol. The molecule has 0 unspecified atom stereocenters. The highest BCUT2D eigenvalue weighted by molar-refractivity contribution is 5.97. The molecule has 3 heterocycles. The molecular formula is C22H29N3O6. The Bertz CT molecular complexity index is 874. The van der Waals surface area contributed by atoms with Crippen molar-refractivity contribution in [1.82, 2.24) is 15.0 Å². The van der Waals surface area contributed by atoms with Gasteiger partial charge in [0, 0.05) is 45.4 Å². The first-order valence-corrected chi connectivity index (χ1v) is 10.7. The number of amides is 1. The quantitative estimate of drug-likeness (QED) is 0.558. The van der Waals surface area contributed by atoms with Crippen LogP contribution in [0.25, 0.3) is 0 Å². The third-order valence-electron chi connectivity index (χ3n) is 5.81.